The van der Waals surface area contributed by atoms with Crippen molar-refractivity contribution in [3.63, 3.8) is 0 Å². The van der Waals surface area contributed by atoms with Gasteiger partial charge < -0.3 is 0 Å². The highest BCUT2D eigenvalue weighted by Crippen LogP contribution is 2.21. The van der Waals surface area contributed by atoms with Gasteiger partial charge in [-0.1, -0.05) is 17.2 Å². The molecule has 0 N–H and O–H groups in total. The highest BCUT2D eigenvalue weighted by atomic mass is 35.5. The Balaban J connectivity index is 2.91. The molecule has 0 saturated heterocycles. The minimum atomic E-state index is -0.793. The van der Waals surface area contributed by atoms with Crippen LogP contribution >= 0.6 is 11.6 Å². The van der Waals surface area contributed by atoms with E-state index >= 15 is 0 Å². The molecule has 4 heteroatoms. The number of carbonyl (C=O) groups is 1. The zero-order valence-corrected chi connectivity index (χ0v) is 9.57. The van der Waals surface area contributed by atoms with Crippen LogP contribution in [-0.2, 0) is 0 Å². The van der Waals surface area contributed by atoms with Crippen LogP contribution in [0.2, 0.25) is 5.02 Å². The summed E-state index contributed by atoms with van der Waals surface area (Å²) < 4.78 is 26.4. The van der Waals surface area contributed by atoms with E-state index in [1.807, 2.05) is 0 Å². The van der Waals surface area contributed by atoms with Crippen LogP contribution in [0.4, 0.5) is 8.78 Å². The number of Topliss-reactive ketones (excluding diaryl/α,β-unsaturated/α-hetero) is 1. The predicted octanol–water partition coefficient (Wildman–Crippen LogP) is 4.16. The van der Waals surface area contributed by atoms with Gasteiger partial charge in [-0.25, -0.2) is 8.78 Å². The van der Waals surface area contributed by atoms with Crippen LogP contribution in [0.5, 0.6) is 0 Å². The van der Waals surface area contributed by atoms with Crippen molar-refractivity contribution < 1.29 is 13.6 Å². The molecular weight excluding hydrogens is 234 g/mol. The van der Waals surface area contributed by atoms with Crippen LogP contribution in [-0.4, -0.2) is 5.78 Å². The van der Waals surface area contributed by atoms with E-state index in [2.05, 4.69) is 6.58 Å². The fraction of sp³-hybridized carbons (Fsp3) is 0.250. The number of hydrogen-bond acceptors (Lipinski definition) is 1. The van der Waals surface area contributed by atoms with Crippen LogP contribution in [0.25, 0.3) is 0 Å². The smallest absolute Gasteiger partial charge is 0.166 e. The topological polar surface area (TPSA) is 17.1 Å². The molecule has 0 fully saturated rings. The maximum atomic E-state index is 13.3. The van der Waals surface area contributed by atoms with E-state index in [1.165, 1.54) is 0 Å². The Kier molecular flexibility index (Phi) is 4.19. The number of rotatable bonds is 4. The summed E-state index contributed by atoms with van der Waals surface area (Å²) in [7, 11) is 0. The molecule has 0 aliphatic carbocycles. The Bertz CT molecular complexity index is 441. The normalized spacial score (nSPS) is 10.2. The van der Waals surface area contributed by atoms with E-state index in [-0.39, 0.29) is 17.0 Å². The lowest BCUT2D eigenvalue weighted by molar-refractivity contribution is 0.0978. The lowest BCUT2D eigenvalue weighted by Gasteiger charge is -2.04. The lowest BCUT2D eigenvalue weighted by atomic mass is 10.0. The highest BCUT2D eigenvalue weighted by Gasteiger charge is 2.14. The van der Waals surface area contributed by atoms with E-state index in [9.17, 15) is 13.6 Å². The molecule has 0 atom stereocenters. The van der Waals surface area contributed by atoms with Gasteiger partial charge in [-0.05, 0) is 25.5 Å². The molecule has 1 nitrogen and oxygen atoms in total. The summed E-state index contributed by atoms with van der Waals surface area (Å²) in [5.74, 6) is -2.03. The van der Waals surface area contributed by atoms with Crippen molar-refractivity contribution in [2.24, 2.45) is 0 Å². The van der Waals surface area contributed by atoms with Crippen molar-refractivity contribution >= 4 is 17.4 Å². The second kappa shape index (κ2) is 5.21. The van der Waals surface area contributed by atoms with Gasteiger partial charge in [-0.15, -0.1) is 6.58 Å². The Morgan fingerprint density at radius 1 is 1.31 bits per heavy atom. The molecule has 0 aliphatic heterocycles. The van der Waals surface area contributed by atoms with E-state index in [0.29, 0.717) is 6.42 Å². The third-order valence-electron chi connectivity index (χ3n) is 2.09. The Morgan fingerprint density at radius 2 is 1.94 bits per heavy atom. The molecule has 0 bridgehead atoms. The maximum Gasteiger partial charge on any atom is 0.166 e. The van der Waals surface area contributed by atoms with Gasteiger partial charge in [0, 0.05) is 6.42 Å². The second-order valence-electron chi connectivity index (χ2n) is 3.63. The zero-order chi connectivity index (χ0) is 12.3. The van der Waals surface area contributed by atoms with Gasteiger partial charge in [0.1, 0.15) is 11.6 Å². The number of allylic oxidation sites excluding steroid dienone is 1. The van der Waals surface area contributed by atoms with Crippen molar-refractivity contribution in [3.05, 3.63) is 46.5 Å². The predicted molar refractivity (Wildman–Crippen MR) is 59.7 cm³/mol. The number of hydrogen-bond donors (Lipinski definition) is 0. The second-order valence-corrected chi connectivity index (χ2v) is 4.03. The monoisotopic (exact) mass is 244 g/mol. The van der Waals surface area contributed by atoms with Gasteiger partial charge in [0.05, 0.1) is 10.6 Å². The van der Waals surface area contributed by atoms with Gasteiger partial charge in [-0.2, -0.15) is 0 Å². The minimum absolute atomic E-state index is 0.118. The van der Waals surface area contributed by atoms with Gasteiger partial charge >= 0.3 is 0 Å². The molecule has 0 saturated carbocycles. The summed E-state index contributed by atoms with van der Waals surface area (Å²) in [5.41, 5.74) is 0.561. The van der Waals surface area contributed by atoms with E-state index in [4.69, 9.17) is 11.6 Å². The quantitative estimate of drug-likeness (QED) is 0.442. The minimum Gasteiger partial charge on any atom is -0.294 e. The molecule has 1 aromatic carbocycles. The first-order chi connectivity index (χ1) is 7.41. The van der Waals surface area contributed by atoms with Crippen LogP contribution < -0.4 is 0 Å². The molecule has 0 amide bonds. The molecule has 0 radical (unpaired) electrons. The molecule has 0 aromatic heterocycles. The average molecular weight is 245 g/mol. The summed E-state index contributed by atoms with van der Waals surface area (Å²) in [6, 6.07) is 1.64. The van der Waals surface area contributed by atoms with Gasteiger partial charge in [0.15, 0.2) is 5.78 Å². The molecule has 0 spiro atoms. The van der Waals surface area contributed by atoms with Gasteiger partial charge in [-0.3, -0.25) is 4.79 Å². The van der Waals surface area contributed by atoms with Crippen LogP contribution in [0, 0.1) is 11.6 Å². The Labute approximate surface area is 97.7 Å². The molecule has 1 rings (SSSR count). The van der Waals surface area contributed by atoms with Crippen LogP contribution in [0.1, 0.15) is 30.1 Å². The Morgan fingerprint density at radius 3 is 2.50 bits per heavy atom. The van der Waals surface area contributed by atoms with Crippen molar-refractivity contribution in [2.45, 2.75) is 19.8 Å². The number of halogens is 3. The fourth-order valence-electron chi connectivity index (χ4n) is 1.20. The molecular formula is C12H11ClF2O. The number of ketones is 1. The first kappa shape index (κ1) is 12.8. The summed E-state index contributed by atoms with van der Waals surface area (Å²) in [4.78, 5) is 11.5. The zero-order valence-electron chi connectivity index (χ0n) is 8.82. The van der Waals surface area contributed by atoms with Crippen molar-refractivity contribution in [2.75, 3.05) is 0 Å². The van der Waals surface area contributed by atoms with Crippen molar-refractivity contribution in [1.82, 2.24) is 0 Å². The third kappa shape index (κ3) is 3.14. The maximum absolute atomic E-state index is 13.3. The molecule has 0 unspecified atom stereocenters. The largest absolute Gasteiger partial charge is 0.294 e. The van der Waals surface area contributed by atoms with Gasteiger partial charge in [0.2, 0.25) is 0 Å². The van der Waals surface area contributed by atoms with Crippen molar-refractivity contribution in [1.29, 1.82) is 0 Å². The average Bonchev–Trinajstić information content (AvgIpc) is 2.20. The SMILES string of the molecule is C=C(C)CCC(=O)c1cc(F)c(Cl)cc1F. The van der Waals surface area contributed by atoms with Crippen LogP contribution in [0.3, 0.4) is 0 Å². The Hall–Kier alpha value is -1.22. The summed E-state index contributed by atoms with van der Waals surface area (Å²) in [6.07, 6.45) is 0.579. The first-order valence-electron chi connectivity index (χ1n) is 4.74. The molecule has 1 aromatic rings. The van der Waals surface area contributed by atoms with Crippen molar-refractivity contribution in [3.8, 4) is 0 Å². The van der Waals surface area contributed by atoms with E-state index in [0.717, 1.165) is 17.7 Å². The highest BCUT2D eigenvalue weighted by molar-refractivity contribution is 6.30. The summed E-state index contributed by atoms with van der Waals surface area (Å²) in [5, 5.41) is -0.325. The third-order valence-corrected chi connectivity index (χ3v) is 2.38. The first-order valence-corrected chi connectivity index (χ1v) is 5.11. The molecule has 16 heavy (non-hydrogen) atoms. The van der Waals surface area contributed by atoms with Crippen LogP contribution in [0.15, 0.2) is 24.3 Å². The molecule has 0 aliphatic rings. The number of benzene rings is 1. The molecule has 0 heterocycles. The van der Waals surface area contributed by atoms with E-state index in [1.54, 1.807) is 6.92 Å². The fourth-order valence-corrected chi connectivity index (χ4v) is 1.35. The number of carbonyl (C=O) groups excluding carboxylic acids is 1. The van der Waals surface area contributed by atoms with E-state index < -0.39 is 17.4 Å². The lowest BCUT2D eigenvalue weighted by Crippen LogP contribution is -2.03. The summed E-state index contributed by atoms with van der Waals surface area (Å²) >= 11 is 5.38. The van der Waals surface area contributed by atoms with Gasteiger partial charge in [0.25, 0.3) is 0 Å². The summed E-state index contributed by atoms with van der Waals surface area (Å²) in [6.45, 7) is 5.40. The molecule has 86 valence electrons. The standard InChI is InChI=1S/C12H11ClF2O/c1-7(2)3-4-12(16)8-5-11(15)9(13)6-10(8)14/h5-6H,1,3-4H2,2H3.